The van der Waals surface area contributed by atoms with Crippen molar-refractivity contribution in [3.63, 3.8) is 0 Å². The van der Waals surface area contributed by atoms with E-state index in [4.69, 9.17) is 5.73 Å². The maximum Gasteiger partial charge on any atom is 0.0738 e. The summed E-state index contributed by atoms with van der Waals surface area (Å²) in [6.45, 7) is 8.34. The SMILES string of the molecule is CCC1CCC(CN)C(Cc2c(Br)c(C)nn2CC)C1. The van der Waals surface area contributed by atoms with Gasteiger partial charge in [-0.05, 0) is 73.3 Å². The lowest BCUT2D eigenvalue weighted by Gasteiger charge is -2.35. The molecule has 1 aromatic heterocycles. The number of aromatic nitrogens is 2. The summed E-state index contributed by atoms with van der Waals surface area (Å²) in [6.07, 6.45) is 6.42. The van der Waals surface area contributed by atoms with Crippen molar-refractivity contribution < 1.29 is 0 Å². The van der Waals surface area contributed by atoms with Gasteiger partial charge in [0.15, 0.2) is 0 Å². The lowest BCUT2D eigenvalue weighted by Crippen LogP contribution is -2.32. The summed E-state index contributed by atoms with van der Waals surface area (Å²) in [7, 11) is 0. The van der Waals surface area contributed by atoms with Gasteiger partial charge < -0.3 is 5.73 Å². The molecule has 20 heavy (non-hydrogen) atoms. The first-order chi connectivity index (χ1) is 9.60. The van der Waals surface area contributed by atoms with Crippen LogP contribution in [0, 0.1) is 24.7 Å². The first-order valence-corrected chi connectivity index (χ1v) is 8.81. The third-order valence-corrected chi connectivity index (χ3v) is 6.07. The summed E-state index contributed by atoms with van der Waals surface area (Å²) in [4.78, 5) is 0. The number of hydrogen-bond acceptors (Lipinski definition) is 2. The number of nitrogens with zero attached hydrogens (tertiary/aromatic N) is 2. The summed E-state index contributed by atoms with van der Waals surface area (Å²) in [6, 6.07) is 0. The van der Waals surface area contributed by atoms with Gasteiger partial charge in [0, 0.05) is 6.54 Å². The van der Waals surface area contributed by atoms with E-state index in [9.17, 15) is 0 Å². The molecular weight excluding hydrogens is 314 g/mol. The highest BCUT2D eigenvalue weighted by molar-refractivity contribution is 9.10. The third kappa shape index (κ3) is 3.28. The monoisotopic (exact) mass is 341 g/mol. The molecule has 0 saturated heterocycles. The Balaban J connectivity index is 2.17. The summed E-state index contributed by atoms with van der Waals surface area (Å²) in [5, 5.41) is 4.62. The largest absolute Gasteiger partial charge is 0.330 e. The van der Waals surface area contributed by atoms with Crippen molar-refractivity contribution in [2.45, 2.75) is 59.4 Å². The van der Waals surface area contributed by atoms with Crippen LogP contribution in [0.3, 0.4) is 0 Å². The van der Waals surface area contributed by atoms with Gasteiger partial charge in [-0.2, -0.15) is 5.10 Å². The predicted octanol–water partition coefficient (Wildman–Crippen LogP) is 3.92. The van der Waals surface area contributed by atoms with Crippen LogP contribution >= 0.6 is 15.9 Å². The first kappa shape index (κ1) is 16.0. The number of nitrogens with two attached hydrogens (primary N) is 1. The van der Waals surface area contributed by atoms with E-state index in [2.05, 4.69) is 46.5 Å². The molecule has 114 valence electrons. The van der Waals surface area contributed by atoms with E-state index in [1.165, 1.54) is 35.8 Å². The van der Waals surface area contributed by atoms with Gasteiger partial charge in [-0.15, -0.1) is 0 Å². The fourth-order valence-corrected chi connectivity index (χ4v) is 4.11. The highest BCUT2D eigenvalue weighted by Crippen LogP contribution is 2.38. The van der Waals surface area contributed by atoms with Crippen LogP contribution in [-0.2, 0) is 13.0 Å². The molecule has 0 radical (unpaired) electrons. The van der Waals surface area contributed by atoms with Crippen LogP contribution in [-0.4, -0.2) is 16.3 Å². The minimum absolute atomic E-state index is 0.685. The van der Waals surface area contributed by atoms with E-state index < -0.39 is 0 Å². The van der Waals surface area contributed by atoms with Crippen molar-refractivity contribution >= 4 is 15.9 Å². The maximum atomic E-state index is 6.01. The van der Waals surface area contributed by atoms with Crippen molar-refractivity contribution in [1.29, 1.82) is 0 Å². The van der Waals surface area contributed by atoms with E-state index >= 15 is 0 Å². The molecule has 0 amide bonds. The zero-order valence-corrected chi connectivity index (χ0v) is 14.6. The third-order valence-electron chi connectivity index (χ3n) is 5.04. The fraction of sp³-hybridized carbons (Fsp3) is 0.812. The Kier molecular flexibility index (Phi) is 5.67. The predicted molar refractivity (Wildman–Crippen MR) is 87.7 cm³/mol. The number of aryl methyl sites for hydroxylation is 2. The van der Waals surface area contributed by atoms with Crippen molar-refractivity contribution in [3.8, 4) is 0 Å². The Hall–Kier alpha value is -0.350. The normalized spacial score (nSPS) is 26.9. The zero-order valence-electron chi connectivity index (χ0n) is 13.0. The van der Waals surface area contributed by atoms with Crippen molar-refractivity contribution in [2.75, 3.05) is 6.54 Å². The van der Waals surface area contributed by atoms with Gasteiger partial charge >= 0.3 is 0 Å². The van der Waals surface area contributed by atoms with Crippen molar-refractivity contribution in [3.05, 3.63) is 15.9 Å². The van der Waals surface area contributed by atoms with Gasteiger partial charge in [0.1, 0.15) is 0 Å². The van der Waals surface area contributed by atoms with Crippen LogP contribution in [0.1, 0.15) is 50.9 Å². The Morgan fingerprint density at radius 2 is 2.05 bits per heavy atom. The Bertz CT molecular complexity index is 441. The molecule has 1 saturated carbocycles. The molecule has 4 heteroatoms. The Morgan fingerprint density at radius 1 is 1.30 bits per heavy atom. The van der Waals surface area contributed by atoms with Crippen LogP contribution in [0.5, 0.6) is 0 Å². The highest BCUT2D eigenvalue weighted by atomic mass is 79.9. The van der Waals surface area contributed by atoms with Crippen molar-refractivity contribution in [1.82, 2.24) is 9.78 Å². The maximum absolute atomic E-state index is 6.01. The molecule has 0 bridgehead atoms. The highest BCUT2D eigenvalue weighted by Gasteiger charge is 2.30. The van der Waals surface area contributed by atoms with Crippen LogP contribution in [0.25, 0.3) is 0 Å². The Morgan fingerprint density at radius 3 is 2.65 bits per heavy atom. The van der Waals surface area contributed by atoms with Gasteiger partial charge in [-0.1, -0.05) is 19.8 Å². The molecule has 0 aliphatic heterocycles. The van der Waals surface area contributed by atoms with Crippen LogP contribution in [0.15, 0.2) is 4.47 Å². The van der Waals surface area contributed by atoms with E-state index in [1.807, 2.05) is 0 Å². The summed E-state index contributed by atoms with van der Waals surface area (Å²) in [5.41, 5.74) is 8.49. The van der Waals surface area contributed by atoms with Gasteiger partial charge in [-0.3, -0.25) is 4.68 Å². The molecule has 1 aliphatic carbocycles. The smallest absolute Gasteiger partial charge is 0.0738 e. The molecule has 0 aromatic carbocycles. The second kappa shape index (κ2) is 7.08. The molecule has 3 nitrogen and oxygen atoms in total. The average molecular weight is 342 g/mol. The van der Waals surface area contributed by atoms with Crippen molar-refractivity contribution in [2.24, 2.45) is 23.5 Å². The second-order valence-electron chi connectivity index (χ2n) is 6.21. The van der Waals surface area contributed by atoms with E-state index in [0.29, 0.717) is 5.92 Å². The zero-order chi connectivity index (χ0) is 14.7. The van der Waals surface area contributed by atoms with Gasteiger partial charge in [0.2, 0.25) is 0 Å². The quantitative estimate of drug-likeness (QED) is 0.881. The van der Waals surface area contributed by atoms with E-state index in [1.54, 1.807) is 0 Å². The molecule has 1 aliphatic rings. The van der Waals surface area contributed by atoms with Gasteiger partial charge in [-0.25, -0.2) is 0 Å². The first-order valence-electron chi connectivity index (χ1n) is 8.02. The molecule has 0 spiro atoms. The number of halogens is 1. The molecular formula is C16H28BrN3. The molecule has 2 rings (SSSR count). The lowest BCUT2D eigenvalue weighted by molar-refractivity contribution is 0.177. The van der Waals surface area contributed by atoms with E-state index in [-0.39, 0.29) is 0 Å². The number of hydrogen-bond donors (Lipinski definition) is 1. The molecule has 1 heterocycles. The Labute approximate surface area is 131 Å². The second-order valence-corrected chi connectivity index (χ2v) is 7.00. The van der Waals surface area contributed by atoms with Gasteiger partial charge in [0.25, 0.3) is 0 Å². The average Bonchev–Trinajstić information content (AvgIpc) is 2.74. The number of rotatable bonds is 5. The molecule has 3 unspecified atom stereocenters. The van der Waals surface area contributed by atoms with Crippen LogP contribution < -0.4 is 5.73 Å². The standard InChI is InChI=1S/C16H28BrN3/c1-4-12-6-7-13(10-18)14(8-12)9-15-16(17)11(3)19-20(15)5-2/h12-14H,4-10,18H2,1-3H3. The summed E-state index contributed by atoms with van der Waals surface area (Å²) in [5.74, 6) is 2.29. The van der Waals surface area contributed by atoms with E-state index in [0.717, 1.165) is 37.0 Å². The molecule has 2 N–H and O–H groups in total. The van der Waals surface area contributed by atoms with Crippen LogP contribution in [0.4, 0.5) is 0 Å². The fourth-order valence-electron chi connectivity index (χ4n) is 3.67. The lowest BCUT2D eigenvalue weighted by atomic mass is 9.71. The topological polar surface area (TPSA) is 43.8 Å². The molecule has 1 aromatic rings. The molecule has 3 atom stereocenters. The van der Waals surface area contributed by atoms with Gasteiger partial charge in [0.05, 0.1) is 15.9 Å². The summed E-state index contributed by atoms with van der Waals surface area (Å²) < 4.78 is 3.36. The minimum atomic E-state index is 0.685. The summed E-state index contributed by atoms with van der Waals surface area (Å²) >= 11 is 3.73. The molecule has 1 fully saturated rings. The van der Waals surface area contributed by atoms with Crippen LogP contribution in [0.2, 0.25) is 0 Å². The minimum Gasteiger partial charge on any atom is -0.330 e.